The van der Waals surface area contributed by atoms with Gasteiger partial charge in [0.15, 0.2) is 0 Å². The van der Waals surface area contributed by atoms with Crippen LogP contribution in [-0.4, -0.2) is 55.4 Å². The van der Waals surface area contributed by atoms with Gasteiger partial charge in [0.2, 0.25) is 0 Å². The van der Waals surface area contributed by atoms with E-state index in [4.69, 9.17) is 9.84 Å². The Hall–Kier alpha value is -1.59. The molecule has 0 heterocycles. The normalized spacial score (nSPS) is 10.7. The zero-order valence-electron chi connectivity index (χ0n) is 12.4. The number of nitrogens with one attached hydrogen (secondary N) is 1. The predicted octanol–water partition coefficient (Wildman–Crippen LogP) is 1.59. The summed E-state index contributed by atoms with van der Waals surface area (Å²) in [6.07, 6.45) is 0. The molecule has 0 saturated heterocycles. The summed E-state index contributed by atoms with van der Waals surface area (Å²) in [5, 5.41) is 12.4. The summed E-state index contributed by atoms with van der Waals surface area (Å²) in [5.41, 5.74) is 1.43. The number of para-hydroxylation sites is 1. The molecule has 0 atom stereocenters. The van der Waals surface area contributed by atoms with Gasteiger partial charge in [0, 0.05) is 31.9 Å². The van der Waals surface area contributed by atoms with Crippen molar-refractivity contribution in [3.63, 3.8) is 0 Å². The van der Waals surface area contributed by atoms with Crippen molar-refractivity contribution in [2.24, 2.45) is 0 Å². The molecule has 0 fully saturated rings. The Morgan fingerprint density at radius 3 is 2.65 bits per heavy atom. The van der Waals surface area contributed by atoms with Crippen molar-refractivity contribution < 1.29 is 14.6 Å². The van der Waals surface area contributed by atoms with Crippen molar-refractivity contribution in [2.75, 3.05) is 38.7 Å². The molecule has 20 heavy (non-hydrogen) atoms. The van der Waals surface area contributed by atoms with Crippen LogP contribution in [0.15, 0.2) is 24.3 Å². The summed E-state index contributed by atoms with van der Waals surface area (Å²) in [5.74, 6) is -0.0974. The van der Waals surface area contributed by atoms with Crippen molar-refractivity contribution in [1.29, 1.82) is 0 Å². The topological polar surface area (TPSA) is 61.8 Å². The van der Waals surface area contributed by atoms with E-state index < -0.39 is 0 Å². The number of carbonyl (C=O) groups is 1. The van der Waals surface area contributed by atoms with E-state index in [0.717, 1.165) is 5.69 Å². The number of ether oxygens (including phenoxy) is 1. The monoisotopic (exact) mass is 280 g/mol. The molecule has 1 aromatic carbocycles. The molecule has 0 aliphatic rings. The van der Waals surface area contributed by atoms with Crippen LogP contribution in [0.3, 0.4) is 0 Å². The Balaban J connectivity index is 2.92. The van der Waals surface area contributed by atoms with Gasteiger partial charge in [-0.2, -0.15) is 0 Å². The summed E-state index contributed by atoms with van der Waals surface area (Å²) in [4.78, 5) is 14.2. The zero-order chi connectivity index (χ0) is 15.0. The second-order valence-electron chi connectivity index (χ2n) is 4.85. The maximum Gasteiger partial charge on any atom is 0.256 e. The van der Waals surface area contributed by atoms with Crippen molar-refractivity contribution in [2.45, 2.75) is 19.9 Å². The van der Waals surface area contributed by atoms with E-state index in [9.17, 15) is 4.79 Å². The summed E-state index contributed by atoms with van der Waals surface area (Å²) < 4.78 is 5.01. The third-order valence-corrected chi connectivity index (χ3v) is 2.82. The molecule has 0 aliphatic heterocycles. The molecule has 1 amide bonds. The summed E-state index contributed by atoms with van der Waals surface area (Å²) in [6, 6.07) is 7.67. The van der Waals surface area contributed by atoms with Crippen molar-refractivity contribution in [3.8, 4) is 0 Å². The van der Waals surface area contributed by atoms with Gasteiger partial charge < -0.3 is 20.1 Å². The number of rotatable bonds is 8. The molecule has 0 aromatic heterocycles. The fourth-order valence-corrected chi connectivity index (χ4v) is 1.91. The Morgan fingerprint density at radius 1 is 1.35 bits per heavy atom. The molecule has 1 aromatic rings. The average molecular weight is 280 g/mol. The number of carbonyl (C=O) groups excluding carboxylic acids is 1. The first-order valence-electron chi connectivity index (χ1n) is 6.84. The van der Waals surface area contributed by atoms with Gasteiger partial charge in [-0.3, -0.25) is 4.79 Å². The van der Waals surface area contributed by atoms with Crippen LogP contribution in [0, 0.1) is 0 Å². The van der Waals surface area contributed by atoms with Crippen molar-refractivity contribution in [1.82, 2.24) is 4.90 Å². The smallest absolute Gasteiger partial charge is 0.256 e. The fourth-order valence-electron chi connectivity index (χ4n) is 1.91. The van der Waals surface area contributed by atoms with Crippen LogP contribution in [0.5, 0.6) is 0 Å². The summed E-state index contributed by atoms with van der Waals surface area (Å²) in [6.45, 7) is 5.21. The first-order valence-corrected chi connectivity index (χ1v) is 6.84. The number of hydrogen-bond donors (Lipinski definition) is 2. The van der Waals surface area contributed by atoms with Gasteiger partial charge in [0.1, 0.15) is 0 Å². The first-order chi connectivity index (χ1) is 9.60. The van der Waals surface area contributed by atoms with E-state index in [1.54, 1.807) is 18.1 Å². The SMILES string of the molecule is COCCN(CCO)C(=O)c1ccccc1NC(C)C. The minimum Gasteiger partial charge on any atom is -0.395 e. The lowest BCUT2D eigenvalue weighted by atomic mass is 10.1. The average Bonchev–Trinajstić information content (AvgIpc) is 2.42. The first kappa shape index (κ1) is 16.5. The zero-order valence-corrected chi connectivity index (χ0v) is 12.4. The number of aliphatic hydroxyl groups is 1. The molecular formula is C15H24N2O3. The van der Waals surface area contributed by atoms with Crippen LogP contribution >= 0.6 is 0 Å². The molecule has 0 bridgehead atoms. The van der Waals surface area contributed by atoms with E-state index in [-0.39, 0.29) is 18.6 Å². The predicted molar refractivity (Wildman–Crippen MR) is 80.1 cm³/mol. The lowest BCUT2D eigenvalue weighted by Gasteiger charge is -2.23. The van der Waals surface area contributed by atoms with E-state index in [0.29, 0.717) is 25.3 Å². The van der Waals surface area contributed by atoms with E-state index in [2.05, 4.69) is 5.32 Å². The Morgan fingerprint density at radius 2 is 2.05 bits per heavy atom. The Kier molecular flexibility index (Phi) is 7.04. The van der Waals surface area contributed by atoms with Gasteiger partial charge in [0.05, 0.1) is 18.8 Å². The van der Waals surface area contributed by atoms with E-state index in [1.165, 1.54) is 0 Å². The maximum atomic E-state index is 12.6. The highest BCUT2D eigenvalue weighted by molar-refractivity contribution is 5.99. The lowest BCUT2D eigenvalue weighted by Crippen LogP contribution is -2.36. The molecule has 0 aliphatic carbocycles. The number of aliphatic hydroxyl groups excluding tert-OH is 1. The molecule has 0 saturated carbocycles. The summed E-state index contributed by atoms with van der Waals surface area (Å²) >= 11 is 0. The molecule has 5 heteroatoms. The van der Waals surface area contributed by atoms with E-state index in [1.807, 2.05) is 32.0 Å². The number of hydrogen-bond acceptors (Lipinski definition) is 4. The van der Waals surface area contributed by atoms with Crippen molar-refractivity contribution >= 4 is 11.6 Å². The number of methoxy groups -OCH3 is 1. The minimum atomic E-state index is -0.0974. The highest BCUT2D eigenvalue weighted by Crippen LogP contribution is 2.18. The van der Waals surface area contributed by atoms with Crippen LogP contribution in [0.4, 0.5) is 5.69 Å². The maximum absolute atomic E-state index is 12.6. The highest BCUT2D eigenvalue weighted by Gasteiger charge is 2.18. The van der Waals surface area contributed by atoms with Crippen LogP contribution in [0.25, 0.3) is 0 Å². The fraction of sp³-hybridized carbons (Fsp3) is 0.533. The molecule has 0 radical (unpaired) electrons. The molecule has 0 spiro atoms. The molecule has 1 rings (SSSR count). The number of nitrogens with zero attached hydrogens (tertiary/aromatic N) is 1. The molecule has 5 nitrogen and oxygen atoms in total. The Bertz CT molecular complexity index is 421. The van der Waals surface area contributed by atoms with Crippen LogP contribution < -0.4 is 5.32 Å². The number of amides is 1. The third kappa shape index (κ3) is 4.83. The number of anilines is 1. The third-order valence-electron chi connectivity index (χ3n) is 2.82. The highest BCUT2D eigenvalue weighted by atomic mass is 16.5. The van der Waals surface area contributed by atoms with Gasteiger partial charge in [-0.1, -0.05) is 12.1 Å². The standard InChI is InChI=1S/C15H24N2O3/c1-12(2)16-14-7-5-4-6-13(14)15(19)17(8-10-18)9-11-20-3/h4-7,12,16,18H,8-11H2,1-3H3. The van der Waals surface area contributed by atoms with Gasteiger partial charge in [-0.25, -0.2) is 0 Å². The molecule has 112 valence electrons. The quantitative estimate of drug-likeness (QED) is 0.759. The number of benzene rings is 1. The van der Waals surface area contributed by atoms with Gasteiger partial charge in [-0.05, 0) is 26.0 Å². The minimum absolute atomic E-state index is 0.0603. The largest absolute Gasteiger partial charge is 0.395 e. The van der Waals surface area contributed by atoms with Gasteiger partial charge in [-0.15, -0.1) is 0 Å². The summed E-state index contributed by atoms with van der Waals surface area (Å²) in [7, 11) is 1.59. The lowest BCUT2D eigenvalue weighted by molar-refractivity contribution is 0.0657. The van der Waals surface area contributed by atoms with Crippen LogP contribution in [-0.2, 0) is 4.74 Å². The van der Waals surface area contributed by atoms with Gasteiger partial charge in [0.25, 0.3) is 5.91 Å². The van der Waals surface area contributed by atoms with Gasteiger partial charge >= 0.3 is 0 Å². The second kappa shape index (κ2) is 8.55. The molecular weight excluding hydrogens is 256 g/mol. The molecule has 2 N–H and O–H groups in total. The van der Waals surface area contributed by atoms with E-state index >= 15 is 0 Å². The Labute approximate surface area is 120 Å². The second-order valence-corrected chi connectivity index (χ2v) is 4.85. The molecule has 0 unspecified atom stereocenters. The van der Waals surface area contributed by atoms with Crippen molar-refractivity contribution in [3.05, 3.63) is 29.8 Å². The van der Waals surface area contributed by atoms with Crippen LogP contribution in [0.1, 0.15) is 24.2 Å². The van der Waals surface area contributed by atoms with Crippen LogP contribution in [0.2, 0.25) is 0 Å².